The summed E-state index contributed by atoms with van der Waals surface area (Å²) in [6.45, 7) is 2.20. The van der Waals surface area contributed by atoms with Crippen LogP contribution in [0.2, 0.25) is 0 Å². The molecule has 2 heterocycles. The molecule has 0 aliphatic rings. The smallest absolute Gasteiger partial charge is 0.0270 e. The summed E-state index contributed by atoms with van der Waals surface area (Å²) in [5.41, 5.74) is 2.79. The second-order valence-electron chi connectivity index (χ2n) is 5.21. The molecule has 0 bridgehead atoms. The van der Waals surface area contributed by atoms with Gasteiger partial charge in [-0.15, -0.1) is 0 Å². The Morgan fingerprint density at radius 1 is 1.11 bits per heavy atom. The summed E-state index contributed by atoms with van der Waals surface area (Å²) in [5.74, 6) is 0. The maximum atomic E-state index is 4.05. The van der Waals surface area contributed by atoms with Gasteiger partial charge in [0.2, 0.25) is 0 Å². The van der Waals surface area contributed by atoms with E-state index in [2.05, 4.69) is 59.0 Å². The largest absolute Gasteiger partial charge is 0.351 e. The molecule has 0 saturated heterocycles. The number of hydrogen-bond donors (Lipinski definition) is 0. The topological polar surface area (TPSA) is 21.1 Å². The zero-order valence-corrected chi connectivity index (χ0v) is 11.9. The van der Waals surface area contributed by atoms with Crippen molar-refractivity contribution in [3.05, 3.63) is 54.1 Å². The van der Waals surface area contributed by atoms with Gasteiger partial charge in [-0.25, -0.2) is 0 Å². The zero-order valence-electron chi connectivity index (χ0n) is 11.9. The summed E-state index contributed by atoms with van der Waals surface area (Å²) in [7, 11) is 4.25. The number of aryl methyl sites for hydroxylation is 3. The lowest BCUT2D eigenvalue weighted by atomic mass is 10.2. The van der Waals surface area contributed by atoms with Crippen LogP contribution in [0.15, 0.2) is 42.9 Å². The first kappa shape index (κ1) is 13.8. The van der Waals surface area contributed by atoms with Gasteiger partial charge in [-0.2, -0.15) is 0 Å². The van der Waals surface area contributed by atoms with Gasteiger partial charge in [0.25, 0.3) is 0 Å². The first-order valence-electron chi connectivity index (χ1n) is 6.93. The quantitative estimate of drug-likeness (QED) is 0.760. The Balaban J connectivity index is 1.85. The van der Waals surface area contributed by atoms with Crippen LogP contribution in [-0.4, -0.2) is 35.1 Å². The summed E-state index contributed by atoms with van der Waals surface area (Å²) in [6.07, 6.45) is 9.35. The lowest BCUT2D eigenvalue weighted by Gasteiger charge is -2.11. The molecule has 3 nitrogen and oxygen atoms in total. The lowest BCUT2D eigenvalue weighted by Crippen LogP contribution is -2.14. The van der Waals surface area contributed by atoms with Gasteiger partial charge in [-0.05, 0) is 69.7 Å². The van der Waals surface area contributed by atoms with Gasteiger partial charge < -0.3 is 9.47 Å². The fourth-order valence-electron chi connectivity index (χ4n) is 2.27. The van der Waals surface area contributed by atoms with Crippen LogP contribution >= 0.6 is 0 Å². The molecule has 2 rings (SSSR count). The third-order valence-electron chi connectivity index (χ3n) is 3.35. The Kier molecular flexibility index (Phi) is 5.16. The fraction of sp³-hybridized carbons (Fsp3) is 0.438. The van der Waals surface area contributed by atoms with Crippen LogP contribution in [0.1, 0.15) is 17.7 Å². The molecular weight excluding hydrogens is 234 g/mol. The van der Waals surface area contributed by atoms with Crippen LogP contribution in [0.4, 0.5) is 0 Å². The van der Waals surface area contributed by atoms with Crippen LogP contribution in [0.5, 0.6) is 0 Å². The molecule has 0 saturated carbocycles. The summed E-state index contributed by atoms with van der Waals surface area (Å²) >= 11 is 0. The highest BCUT2D eigenvalue weighted by Gasteiger charge is 2.02. The van der Waals surface area contributed by atoms with Crippen LogP contribution in [-0.2, 0) is 19.4 Å². The Hall–Kier alpha value is -1.61. The lowest BCUT2D eigenvalue weighted by molar-refractivity contribution is 0.398. The molecule has 0 spiro atoms. The minimum Gasteiger partial charge on any atom is -0.351 e. The second kappa shape index (κ2) is 7.10. The van der Waals surface area contributed by atoms with Gasteiger partial charge in [0.05, 0.1) is 0 Å². The molecule has 0 amide bonds. The van der Waals surface area contributed by atoms with Crippen molar-refractivity contribution >= 4 is 0 Å². The van der Waals surface area contributed by atoms with E-state index in [0.29, 0.717) is 0 Å². The minimum absolute atomic E-state index is 1.05. The van der Waals surface area contributed by atoms with Gasteiger partial charge in [0, 0.05) is 30.8 Å². The number of rotatable bonds is 7. The Labute approximate surface area is 115 Å². The minimum atomic E-state index is 1.05. The first-order valence-corrected chi connectivity index (χ1v) is 6.93. The third-order valence-corrected chi connectivity index (χ3v) is 3.35. The van der Waals surface area contributed by atoms with Crippen molar-refractivity contribution in [2.75, 3.05) is 20.6 Å². The van der Waals surface area contributed by atoms with Gasteiger partial charge >= 0.3 is 0 Å². The molecule has 3 heteroatoms. The van der Waals surface area contributed by atoms with E-state index in [0.717, 1.165) is 25.9 Å². The standard InChI is InChI=1S/C16H23N3/c1-18(2)12-3-5-16-6-4-13-19(16)14-9-15-7-10-17-11-8-15/h4,6-8,10-11,13H,3,5,9,12,14H2,1-2H3. The van der Waals surface area contributed by atoms with Gasteiger partial charge in [0.15, 0.2) is 0 Å². The second-order valence-corrected chi connectivity index (χ2v) is 5.21. The van der Waals surface area contributed by atoms with E-state index >= 15 is 0 Å². The molecule has 2 aromatic rings. The van der Waals surface area contributed by atoms with E-state index in [9.17, 15) is 0 Å². The zero-order chi connectivity index (χ0) is 13.5. The van der Waals surface area contributed by atoms with E-state index in [1.807, 2.05) is 12.4 Å². The predicted molar refractivity (Wildman–Crippen MR) is 79.2 cm³/mol. The highest BCUT2D eigenvalue weighted by molar-refractivity contribution is 5.12. The molecule has 0 aliphatic carbocycles. The molecule has 0 atom stereocenters. The number of aromatic nitrogens is 2. The molecule has 0 aromatic carbocycles. The van der Waals surface area contributed by atoms with Crippen molar-refractivity contribution in [3.63, 3.8) is 0 Å². The van der Waals surface area contributed by atoms with E-state index in [1.165, 1.54) is 17.7 Å². The number of pyridine rings is 1. The van der Waals surface area contributed by atoms with Crippen molar-refractivity contribution in [2.45, 2.75) is 25.8 Å². The summed E-state index contributed by atoms with van der Waals surface area (Å²) in [4.78, 5) is 6.29. The van der Waals surface area contributed by atoms with Crippen molar-refractivity contribution in [1.29, 1.82) is 0 Å². The van der Waals surface area contributed by atoms with Crippen LogP contribution in [0, 0.1) is 0 Å². The molecule has 0 N–H and O–H groups in total. The molecular formula is C16H23N3. The van der Waals surface area contributed by atoms with Crippen molar-refractivity contribution < 1.29 is 0 Å². The fourth-order valence-corrected chi connectivity index (χ4v) is 2.27. The van der Waals surface area contributed by atoms with Crippen molar-refractivity contribution in [3.8, 4) is 0 Å². The Morgan fingerprint density at radius 3 is 2.63 bits per heavy atom. The Bertz CT molecular complexity index is 474. The molecule has 19 heavy (non-hydrogen) atoms. The highest BCUT2D eigenvalue weighted by Crippen LogP contribution is 2.08. The normalized spacial score (nSPS) is 11.1. The predicted octanol–water partition coefficient (Wildman–Crippen LogP) is 2.62. The maximum Gasteiger partial charge on any atom is 0.0270 e. The molecule has 0 aliphatic heterocycles. The molecule has 2 aromatic heterocycles. The summed E-state index contributed by atoms with van der Waals surface area (Å²) in [5, 5.41) is 0. The van der Waals surface area contributed by atoms with Crippen molar-refractivity contribution in [2.24, 2.45) is 0 Å². The van der Waals surface area contributed by atoms with E-state index in [1.54, 1.807) is 0 Å². The van der Waals surface area contributed by atoms with Crippen LogP contribution < -0.4 is 0 Å². The Morgan fingerprint density at radius 2 is 1.89 bits per heavy atom. The molecule has 0 unspecified atom stereocenters. The van der Waals surface area contributed by atoms with Crippen LogP contribution in [0.25, 0.3) is 0 Å². The van der Waals surface area contributed by atoms with Crippen molar-refractivity contribution in [1.82, 2.24) is 14.5 Å². The molecule has 0 fully saturated rings. The van der Waals surface area contributed by atoms with E-state index < -0.39 is 0 Å². The summed E-state index contributed by atoms with van der Waals surface area (Å²) < 4.78 is 2.37. The van der Waals surface area contributed by atoms with Gasteiger partial charge in [-0.3, -0.25) is 4.98 Å². The van der Waals surface area contributed by atoms with E-state index in [-0.39, 0.29) is 0 Å². The van der Waals surface area contributed by atoms with E-state index in [4.69, 9.17) is 0 Å². The maximum absolute atomic E-state index is 4.05. The number of nitrogens with zero attached hydrogens (tertiary/aromatic N) is 3. The molecule has 102 valence electrons. The third kappa shape index (κ3) is 4.52. The first-order chi connectivity index (χ1) is 9.25. The highest BCUT2D eigenvalue weighted by atomic mass is 15.0. The molecule has 0 radical (unpaired) electrons. The average molecular weight is 257 g/mol. The monoisotopic (exact) mass is 257 g/mol. The van der Waals surface area contributed by atoms with Crippen LogP contribution in [0.3, 0.4) is 0 Å². The number of hydrogen-bond acceptors (Lipinski definition) is 2. The van der Waals surface area contributed by atoms with Gasteiger partial charge in [0.1, 0.15) is 0 Å². The SMILES string of the molecule is CN(C)CCCc1cccn1CCc1ccncc1. The average Bonchev–Trinajstić information content (AvgIpc) is 2.85. The van der Waals surface area contributed by atoms with Gasteiger partial charge in [-0.1, -0.05) is 0 Å². The summed E-state index contributed by atoms with van der Waals surface area (Å²) in [6, 6.07) is 8.57.